The Bertz CT molecular complexity index is 876. The summed E-state index contributed by atoms with van der Waals surface area (Å²) in [6.07, 6.45) is 1.07. The highest BCUT2D eigenvalue weighted by Gasteiger charge is 2.11. The molecule has 0 aliphatic rings. The first kappa shape index (κ1) is 26.7. The maximum Gasteiger partial charge on any atom is 0.254 e. The van der Waals surface area contributed by atoms with Crippen LogP contribution in [0.2, 0.25) is 0 Å². The molecule has 31 heavy (non-hydrogen) atoms. The van der Waals surface area contributed by atoms with Gasteiger partial charge in [-0.2, -0.15) is 0 Å². The summed E-state index contributed by atoms with van der Waals surface area (Å²) in [5.74, 6) is 0.493. The molecule has 0 radical (unpaired) electrons. The SMILES string of the molecule is CCC(C)Oc1cc(C)ccc1CNC(=NC)NCCNC(=O)c1ccccc1F.I. The Labute approximate surface area is 201 Å². The van der Waals surface area contributed by atoms with Crippen LogP contribution in [0.25, 0.3) is 0 Å². The predicted octanol–water partition coefficient (Wildman–Crippen LogP) is 4.02. The third-order valence-corrected chi connectivity index (χ3v) is 4.62. The van der Waals surface area contributed by atoms with E-state index < -0.39 is 11.7 Å². The number of amides is 1. The van der Waals surface area contributed by atoms with Gasteiger partial charge in [0.05, 0.1) is 11.7 Å². The molecule has 0 aromatic heterocycles. The Morgan fingerprint density at radius 1 is 1.13 bits per heavy atom. The van der Waals surface area contributed by atoms with Crippen molar-refractivity contribution in [3.63, 3.8) is 0 Å². The molecule has 0 heterocycles. The van der Waals surface area contributed by atoms with Gasteiger partial charge < -0.3 is 20.7 Å². The average molecular weight is 542 g/mol. The minimum absolute atomic E-state index is 0. The van der Waals surface area contributed by atoms with E-state index in [2.05, 4.69) is 40.9 Å². The highest BCUT2D eigenvalue weighted by atomic mass is 127. The number of guanidine groups is 1. The largest absolute Gasteiger partial charge is 0.490 e. The van der Waals surface area contributed by atoms with Crippen molar-refractivity contribution in [2.24, 2.45) is 4.99 Å². The summed E-state index contributed by atoms with van der Waals surface area (Å²) in [7, 11) is 1.68. The summed E-state index contributed by atoms with van der Waals surface area (Å²) in [6, 6.07) is 12.0. The standard InChI is InChI=1S/C23H31FN4O2.HI/c1-5-17(3)30-21-14-16(2)10-11-18(21)15-28-23(25-4)27-13-12-26-22(29)19-8-6-7-9-20(19)24;/h6-11,14,17H,5,12-13,15H2,1-4H3,(H,26,29)(H2,25,27,28);1H. The molecule has 0 bridgehead atoms. The average Bonchev–Trinajstić information content (AvgIpc) is 2.74. The summed E-state index contributed by atoms with van der Waals surface area (Å²) in [4.78, 5) is 16.2. The third kappa shape index (κ3) is 8.72. The molecule has 0 saturated carbocycles. The smallest absolute Gasteiger partial charge is 0.254 e. The lowest BCUT2D eigenvalue weighted by atomic mass is 10.1. The molecule has 0 saturated heterocycles. The summed E-state index contributed by atoms with van der Waals surface area (Å²) in [5.41, 5.74) is 2.22. The van der Waals surface area contributed by atoms with E-state index in [9.17, 15) is 9.18 Å². The molecule has 8 heteroatoms. The van der Waals surface area contributed by atoms with E-state index in [4.69, 9.17) is 4.74 Å². The van der Waals surface area contributed by atoms with Gasteiger partial charge in [0.2, 0.25) is 0 Å². The molecule has 170 valence electrons. The number of halogens is 2. The Morgan fingerprint density at radius 3 is 2.52 bits per heavy atom. The van der Waals surface area contributed by atoms with Crippen molar-refractivity contribution in [1.82, 2.24) is 16.0 Å². The van der Waals surface area contributed by atoms with E-state index in [1.165, 1.54) is 12.1 Å². The number of benzene rings is 2. The van der Waals surface area contributed by atoms with Crippen LogP contribution < -0.4 is 20.7 Å². The van der Waals surface area contributed by atoms with Crippen molar-refractivity contribution in [3.05, 3.63) is 65.0 Å². The van der Waals surface area contributed by atoms with Gasteiger partial charge in [0, 0.05) is 32.2 Å². The molecule has 0 spiro atoms. The van der Waals surface area contributed by atoms with Crippen LogP contribution in [0.15, 0.2) is 47.5 Å². The van der Waals surface area contributed by atoms with E-state index >= 15 is 0 Å². The lowest BCUT2D eigenvalue weighted by Crippen LogP contribution is -2.41. The molecule has 2 aromatic rings. The molecule has 0 fully saturated rings. The second kappa shape index (κ2) is 13.8. The number of nitrogens with one attached hydrogen (secondary N) is 3. The zero-order chi connectivity index (χ0) is 21.9. The number of hydrogen-bond donors (Lipinski definition) is 3. The minimum Gasteiger partial charge on any atom is -0.490 e. The van der Waals surface area contributed by atoms with Crippen molar-refractivity contribution in [2.45, 2.75) is 39.8 Å². The first-order valence-corrected chi connectivity index (χ1v) is 10.2. The van der Waals surface area contributed by atoms with Crippen LogP contribution in [-0.4, -0.2) is 38.1 Å². The fourth-order valence-corrected chi connectivity index (χ4v) is 2.71. The topological polar surface area (TPSA) is 74.8 Å². The van der Waals surface area contributed by atoms with Crippen LogP contribution in [0.4, 0.5) is 4.39 Å². The van der Waals surface area contributed by atoms with E-state index in [1.807, 2.05) is 19.1 Å². The molecule has 1 amide bonds. The van der Waals surface area contributed by atoms with E-state index in [-0.39, 0.29) is 35.6 Å². The van der Waals surface area contributed by atoms with E-state index in [0.29, 0.717) is 25.6 Å². The zero-order valence-electron chi connectivity index (χ0n) is 18.5. The first-order chi connectivity index (χ1) is 14.4. The first-order valence-electron chi connectivity index (χ1n) is 10.2. The van der Waals surface area contributed by atoms with Crippen LogP contribution in [0.5, 0.6) is 5.75 Å². The Morgan fingerprint density at radius 2 is 1.84 bits per heavy atom. The molecule has 1 atom stereocenters. The third-order valence-electron chi connectivity index (χ3n) is 4.62. The van der Waals surface area contributed by atoms with Crippen molar-refractivity contribution < 1.29 is 13.9 Å². The van der Waals surface area contributed by atoms with Gasteiger partial charge in [-0.3, -0.25) is 9.79 Å². The molecule has 2 rings (SSSR count). The Kier molecular flexibility index (Phi) is 11.9. The number of ether oxygens (including phenoxy) is 1. The summed E-state index contributed by atoms with van der Waals surface area (Å²) in [5, 5.41) is 9.08. The maximum atomic E-state index is 13.6. The van der Waals surface area contributed by atoms with Gasteiger partial charge in [-0.05, 0) is 44.0 Å². The van der Waals surface area contributed by atoms with Gasteiger partial charge in [-0.25, -0.2) is 4.39 Å². The van der Waals surface area contributed by atoms with Gasteiger partial charge in [0.25, 0.3) is 5.91 Å². The van der Waals surface area contributed by atoms with Crippen LogP contribution in [-0.2, 0) is 6.54 Å². The number of carbonyl (C=O) groups is 1. The summed E-state index contributed by atoms with van der Waals surface area (Å²) in [6.45, 7) is 7.51. The van der Waals surface area contributed by atoms with Crippen LogP contribution in [0.3, 0.4) is 0 Å². The Balaban J connectivity index is 0.00000480. The molecule has 0 aliphatic carbocycles. The fraction of sp³-hybridized carbons (Fsp3) is 0.391. The minimum atomic E-state index is -0.533. The van der Waals surface area contributed by atoms with Crippen LogP contribution in [0.1, 0.15) is 41.8 Å². The Hall–Kier alpha value is -2.36. The van der Waals surface area contributed by atoms with Gasteiger partial charge in [-0.1, -0.05) is 31.2 Å². The lowest BCUT2D eigenvalue weighted by molar-refractivity contribution is 0.0950. The second-order valence-corrected chi connectivity index (χ2v) is 7.04. The molecule has 1 unspecified atom stereocenters. The zero-order valence-corrected chi connectivity index (χ0v) is 20.8. The van der Waals surface area contributed by atoms with Gasteiger partial charge in [0.15, 0.2) is 5.96 Å². The number of aliphatic imine (C=N–C) groups is 1. The van der Waals surface area contributed by atoms with Gasteiger partial charge in [-0.15, -0.1) is 24.0 Å². The molecule has 2 aromatic carbocycles. The highest BCUT2D eigenvalue weighted by molar-refractivity contribution is 14.0. The molecule has 3 N–H and O–H groups in total. The van der Waals surface area contributed by atoms with Crippen molar-refractivity contribution >= 4 is 35.8 Å². The van der Waals surface area contributed by atoms with Gasteiger partial charge >= 0.3 is 0 Å². The normalized spacial score (nSPS) is 11.8. The number of rotatable bonds is 9. The number of aryl methyl sites for hydroxylation is 1. The van der Waals surface area contributed by atoms with Crippen molar-refractivity contribution in [1.29, 1.82) is 0 Å². The fourth-order valence-electron chi connectivity index (χ4n) is 2.71. The second-order valence-electron chi connectivity index (χ2n) is 7.04. The van der Waals surface area contributed by atoms with Gasteiger partial charge in [0.1, 0.15) is 11.6 Å². The molecular weight excluding hydrogens is 510 g/mol. The van der Waals surface area contributed by atoms with Crippen LogP contribution in [0, 0.1) is 12.7 Å². The summed E-state index contributed by atoms with van der Waals surface area (Å²) >= 11 is 0. The van der Waals surface area contributed by atoms with Crippen molar-refractivity contribution in [3.8, 4) is 5.75 Å². The number of hydrogen-bond acceptors (Lipinski definition) is 3. The predicted molar refractivity (Wildman–Crippen MR) is 134 cm³/mol. The number of carbonyl (C=O) groups excluding carboxylic acids is 1. The molecular formula is C23H32FIN4O2. The molecule has 6 nitrogen and oxygen atoms in total. The van der Waals surface area contributed by atoms with E-state index in [1.54, 1.807) is 19.2 Å². The van der Waals surface area contributed by atoms with Crippen molar-refractivity contribution in [2.75, 3.05) is 20.1 Å². The highest BCUT2D eigenvalue weighted by Crippen LogP contribution is 2.22. The summed E-state index contributed by atoms with van der Waals surface area (Å²) < 4.78 is 19.7. The lowest BCUT2D eigenvalue weighted by Gasteiger charge is -2.18. The maximum absolute atomic E-state index is 13.6. The van der Waals surface area contributed by atoms with Crippen LogP contribution >= 0.6 is 24.0 Å². The molecule has 0 aliphatic heterocycles. The quantitative estimate of drug-likeness (QED) is 0.194. The van der Waals surface area contributed by atoms with E-state index in [0.717, 1.165) is 23.3 Å². The monoisotopic (exact) mass is 542 g/mol. The number of nitrogens with zero attached hydrogens (tertiary/aromatic N) is 1.